The topological polar surface area (TPSA) is 79.5 Å². The Hall–Kier alpha value is -3.50. The predicted octanol–water partition coefficient (Wildman–Crippen LogP) is 5.59. The molecule has 6 nitrogen and oxygen atoms in total. The highest BCUT2D eigenvalue weighted by Gasteiger charge is 2.58. The minimum Gasteiger partial charge on any atom is -0.493 e. The lowest BCUT2D eigenvalue weighted by Gasteiger charge is -2.44. The molecule has 0 aromatic heterocycles. The molecule has 3 atom stereocenters. The molecule has 0 saturated carbocycles. The number of ether oxygens (including phenoxy) is 1. The molecule has 3 aromatic rings. The SMILES string of the molecule is C#Cc1ccc(OCC2CCNCC2)c([C@H]2NC(=O)[C@@H](c3cccc(Cl)c3)C[C@]23C(=O)Nc2cc(Cl)ccc23)c1. The van der Waals surface area contributed by atoms with Gasteiger partial charge in [0.2, 0.25) is 11.8 Å². The number of anilines is 1. The zero-order valence-corrected chi connectivity index (χ0v) is 23.3. The van der Waals surface area contributed by atoms with E-state index in [0.717, 1.165) is 37.1 Å². The van der Waals surface area contributed by atoms with Gasteiger partial charge >= 0.3 is 0 Å². The minimum absolute atomic E-state index is 0.191. The molecule has 0 aliphatic carbocycles. The second-order valence-corrected chi connectivity index (χ2v) is 11.6. The third-order valence-corrected chi connectivity index (χ3v) is 8.88. The van der Waals surface area contributed by atoms with Gasteiger partial charge in [-0.3, -0.25) is 9.59 Å². The van der Waals surface area contributed by atoms with Crippen molar-refractivity contribution in [3.8, 4) is 18.1 Å². The van der Waals surface area contributed by atoms with E-state index in [9.17, 15) is 9.59 Å². The smallest absolute Gasteiger partial charge is 0.237 e. The fourth-order valence-electron chi connectivity index (χ4n) is 6.34. The summed E-state index contributed by atoms with van der Waals surface area (Å²) in [7, 11) is 0. The minimum atomic E-state index is -1.14. The summed E-state index contributed by atoms with van der Waals surface area (Å²) in [6.45, 7) is 2.47. The van der Waals surface area contributed by atoms with E-state index < -0.39 is 17.4 Å². The summed E-state index contributed by atoms with van der Waals surface area (Å²) in [6.07, 6.45) is 8.09. The number of piperidine rings is 2. The van der Waals surface area contributed by atoms with Crippen molar-refractivity contribution in [2.24, 2.45) is 5.92 Å². The lowest BCUT2D eigenvalue weighted by Crippen LogP contribution is -2.55. The molecule has 0 unspecified atom stereocenters. The Kier molecular flexibility index (Phi) is 7.22. The number of carbonyl (C=O) groups excluding carboxylic acids is 2. The first kappa shape index (κ1) is 26.7. The second-order valence-electron chi connectivity index (χ2n) is 10.8. The van der Waals surface area contributed by atoms with Crippen LogP contribution in [0.4, 0.5) is 5.69 Å². The normalized spacial score (nSPS) is 24.2. The Labute approximate surface area is 243 Å². The zero-order valence-electron chi connectivity index (χ0n) is 21.8. The predicted molar refractivity (Wildman–Crippen MR) is 157 cm³/mol. The summed E-state index contributed by atoms with van der Waals surface area (Å²) in [5.74, 6) is 2.72. The maximum atomic E-state index is 14.1. The van der Waals surface area contributed by atoms with Crippen LogP contribution in [0, 0.1) is 18.3 Å². The number of halogens is 2. The van der Waals surface area contributed by atoms with Gasteiger partial charge in [-0.25, -0.2) is 0 Å². The molecule has 6 rings (SSSR count). The third kappa shape index (κ3) is 4.73. The highest BCUT2D eigenvalue weighted by Crippen LogP contribution is 2.55. The molecule has 3 aliphatic rings. The van der Waals surface area contributed by atoms with Crippen LogP contribution in [0.1, 0.15) is 53.5 Å². The van der Waals surface area contributed by atoms with Crippen molar-refractivity contribution < 1.29 is 14.3 Å². The van der Waals surface area contributed by atoms with Crippen molar-refractivity contribution in [1.29, 1.82) is 0 Å². The van der Waals surface area contributed by atoms with Gasteiger partial charge < -0.3 is 20.7 Å². The first-order valence-corrected chi connectivity index (χ1v) is 14.3. The molecular weight excluding hydrogens is 545 g/mol. The lowest BCUT2D eigenvalue weighted by atomic mass is 9.63. The molecule has 204 valence electrons. The zero-order chi connectivity index (χ0) is 27.9. The maximum Gasteiger partial charge on any atom is 0.237 e. The van der Waals surface area contributed by atoms with Crippen LogP contribution in [0.25, 0.3) is 0 Å². The summed E-state index contributed by atoms with van der Waals surface area (Å²) in [4.78, 5) is 27.9. The van der Waals surface area contributed by atoms with Crippen LogP contribution in [0.3, 0.4) is 0 Å². The second kappa shape index (κ2) is 10.8. The molecule has 0 radical (unpaired) electrons. The maximum absolute atomic E-state index is 14.1. The lowest BCUT2D eigenvalue weighted by molar-refractivity contribution is -0.131. The number of benzene rings is 3. The van der Waals surface area contributed by atoms with E-state index in [-0.39, 0.29) is 18.2 Å². The van der Waals surface area contributed by atoms with Gasteiger partial charge in [0.05, 0.1) is 18.6 Å². The fraction of sp³-hybridized carbons (Fsp3) is 0.312. The summed E-state index contributed by atoms with van der Waals surface area (Å²) < 4.78 is 6.42. The van der Waals surface area contributed by atoms with Crippen molar-refractivity contribution in [1.82, 2.24) is 10.6 Å². The molecule has 3 heterocycles. The highest BCUT2D eigenvalue weighted by atomic mass is 35.5. The van der Waals surface area contributed by atoms with Crippen LogP contribution in [-0.2, 0) is 15.0 Å². The van der Waals surface area contributed by atoms with Gasteiger partial charge in [0.15, 0.2) is 0 Å². The average molecular weight is 575 g/mol. The first-order chi connectivity index (χ1) is 19.4. The molecule has 0 bridgehead atoms. The molecule has 40 heavy (non-hydrogen) atoms. The van der Waals surface area contributed by atoms with Gasteiger partial charge in [-0.05, 0) is 91.9 Å². The van der Waals surface area contributed by atoms with Gasteiger partial charge in [-0.15, -0.1) is 6.42 Å². The molecule has 1 spiro atoms. The number of hydrogen-bond acceptors (Lipinski definition) is 4. The molecule has 2 amide bonds. The van der Waals surface area contributed by atoms with Gasteiger partial charge in [-0.1, -0.05) is 47.3 Å². The van der Waals surface area contributed by atoms with E-state index in [1.165, 1.54) is 0 Å². The van der Waals surface area contributed by atoms with Crippen molar-refractivity contribution in [3.05, 3.63) is 93.0 Å². The summed E-state index contributed by atoms with van der Waals surface area (Å²) >= 11 is 12.6. The molecule has 2 fully saturated rings. The van der Waals surface area contributed by atoms with Crippen LogP contribution in [-0.4, -0.2) is 31.5 Å². The number of nitrogens with one attached hydrogen (secondary N) is 3. The van der Waals surface area contributed by atoms with Gasteiger partial charge in [0, 0.05) is 26.9 Å². The summed E-state index contributed by atoms with van der Waals surface area (Å²) in [6, 6.07) is 17.4. The number of hydrogen-bond donors (Lipinski definition) is 3. The Bertz CT molecular complexity index is 1530. The molecule has 3 N–H and O–H groups in total. The van der Waals surface area contributed by atoms with Crippen LogP contribution in [0.15, 0.2) is 60.7 Å². The highest BCUT2D eigenvalue weighted by molar-refractivity contribution is 6.31. The Morgan fingerprint density at radius 1 is 1.00 bits per heavy atom. The van der Waals surface area contributed by atoms with E-state index in [0.29, 0.717) is 45.1 Å². The largest absolute Gasteiger partial charge is 0.493 e. The van der Waals surface area contributed by atoms with Crippen LogP contribution < -0.4 is 20.7 Å². The third-order valence-electron chi connectivity index (χ3n) is 8.41. The van der Waals surface area contributed by atoms with Crippen molar-refractivity contribution in [3.63, 3.8) is 0 Å². The van der Waals surface area contributed by atoms with Crippen LogP contribution in [0.2, 0.25) is 10.0 Å². The monoisotopic (exact) mass is 573 g/mol. The van der Waals surface area contributed by atoms with Gasteiger partial charge in [0.25, 0.3) is 0 Å². The molecule has 8 heteroatoms. The van der Waals surface area contributed by atoms with Crippen molar-refractivity contribution in [2.45, 2.75) is 36.6 Å². The molecule has 3 aromatic carbocycles. The van der Waals surface area contributed by atoms with E-state index >= 15 is 0 Å². The summed E-state index contributed by atoms with van der Waals surface area (Å²) in [5, 5.41) is 10.7. The van der Waals surface area contributed by atoms with E-state index in [1.54, 1.807) is 24.3 Å². The van der Waals surface area contributed by atoms with Crippen LogP contribution >= 0.6 is 23.2 Å². The van der Waals surface area contributed by atoms with E-state index in [1.807, 2.05) is 36.4 Å². The number of rotatable bonds is 5. The average Bonchev–Trinajstić information content (AvgIpc) is 3.23. The van der Waals surface area contributed by atoms with Crippen molar-refractivity contribution in [2.75, 3.05) is 25.0 Å². The number of fused-ring (bicyclic) bond motifs is 2. The number of terminal acetylenes is 1. The Balaban J connectivity index is 1.47. The molecular formula is C32H29Cl2N3O3. The van der Waals surface area contributed by atoms with Gasteiger partial charge in [0.1, 0.15) is 11.2 Å². The number of amides is 2. The van der Waals surface area contributed by atoms with Crippen LogP contribution in [0.5, 0.6) is 5.75 Å². The van der Waals surface area contributed by atoms with E-state index in [4.69, 9.17) is 34.4 Å². The Morgan fingerprint density at radius 3 is 2.58 bits per heavy atom. The molecule has 3 aliphatic heterocycles. The van der Waals surface area contributed by atoms with Gasteiger partial charge in [-0.2, -0.15) is 0 Å². The number of carbonyl (C=O) groups is 2. The summed E-state index contributed by atoms with van der Waals surface area (Å²) in [5.41, 5.74) is 2.34. The Morgan fingerprint density at radius 2 is 1.80 bits per heavy atom. The standard InChI is InChI=1S/C32H29Cl2N3O3/c1-2-19-6-9-28(40-18-20-10-12-35-13-11-20)24(14-19)29-32(26-8-7-23(34)16-27(26)36-31(32)39)17-25(30(38)37-29)21-4-3-5-22(33)15-21/h1,3-9,14-16,20,25,29,35H,10-13,17-18H2,(H,36,39)(H,37,38)/t25-,29-,32-/m1/s1. The van der Waals surface area contributed by atoms with E-state index in [2.05, 4.69) is 21.9 Å². The molecule has 2 saturated heterocycles. The quantitative estimate of drug-likeness (QED) is 0.348. The first-order valence-electron chi connectivity index (χ1n) is 13.5. The fourth-order valence-corrected chi connectivity index (χ4v) is 6.71. The van der Waals surface area contributed by atoms with Crippen molar-refractivity contribution >= 4 is 40.7 Å².